The molecule has 0 aliphatic carbocycles. The molecule has 0 radical (unpaired) electrons. The summed E-state index contributed by atoms with van der Waals surface area (Å²) in [6.45, 7) is 7.12. The number of anilines is 1. The molecular formula is C37H48ClN5O7S. The van der Waals surface area contributed by atoms with Crippen LogP contribution < -0.4 is 11.1 Å². The van der Waals surface area contributed by atoms with Crippen molar-refractivity contribution in [3.8, 4) is 0 Å². The van der Waals surface area contributed by atoms with E-state index in [2.05, 4.69) is 5.32 Å². The van der Waals surface area contributed by atoms with E-state index in [4.69, 9.17) is 22.1 Å². The van der Waals surface area contributed by atoms with Crippen molar-refractivity contribution >= 4 is 45.2 Å². The van der Waals surface area contributed by atoms with Gasteiger partial charge in [-0.1, -0.05) is 93.9 Å². The molecule has 3 atom stereocenters. The van der Waals surface area contributed by atoms with Crippen LogP contribution in [0.4, 0.5) is 10.5 Å². The molecule has 1 heterocycles. The van der Waals surface area contributed by atoms with Crippen molar-refractivity contribution in [2.45, 2.75) is 70.4 Å². The maximum atomic E-state index is 14.1. The van der Waals surface area contributed by atoms with Crippen LogP contribution in [0.25, 0.3) is 0 Å². The largest absolute Gasteiger partial charge is 0.397 e. The number of nitrogen functional groups attached to an aromatic ring is 1. The smallest absolute Gasteiger partial charge is 0.328 e. The van der Waals surface area contributed by atoms with Gasteiger partial charge in [-0.05, 0) is 53.1 Å². The highest BCUT2D eigenvalue weighted by Gasteiger charge is 2.44. The molecule has 0 aromatic heterocycles. The van der Waals surface area contributed by atoms with Gasteiger partial charge in [0.15, 0.2) is 0 Å². The highest BCUT2D eigenvalue weighted by Crippen LogP contribution is 2.26. The van der Waals surface area contributed by atoms with Crippen LogP contribution in [0.15, 0.2) is 77.7 Å². The van der Waals surface area contributed by atoms with Gasteiger partial charge in [0, 0.05) is 20.2 Å². The summed E-state index contributed by atoms with van der Waals surface area (Å²) in [5, 5.41) is 14.9. The molecule has 1 fully saturated rings. The lowest BCUT2D eigenvalue weighted by atomic mass is 9.97. The summed E-state index contributed by atoms with van der Waals surface area (Å²) >= 11 is 6.05. The van der Waals surface area contributed by atoms with Gasteiger partial charge in [0.25, 0.3) is 5.91 Å². The standard InChI is InChI=1S/C37H48ClN5O7S/c1-24(2)19-41(51(48,49)29-14-15-30(38)31(39)18-29)21-33(44)32(17-26-10-7-6-8-11-26)40-36(46)35(25(3)4)43-22-34(45)42(37(43)47)20-27-12-9-13-28(16-27)23-50-5/h6-16,18,24-25,32-33,35,44H,17,19-23,39H2,1-5H3,(H,40,46)/t32-,33+,35-/m0/s1. The second kappa shape index (κ2) is 17.5. The predicted molar refractivity (Wildman–Crippen MR) is 196 cm³/mol. The molecule has 0 spiro atoms. The molecule has 1 aliphatic rings. The lowest BCUT2D eigenvalue weighted by molar-refractivity contribution is -0.129. The van der Waals surface area contributed by atoms with E-state index in [1.807, 2.05) is 68.4 Å². The molecule has 4 amide bonds. The highest BCUT2D eigenvalue weighted by molar-refractivity contribution is 7.89. The summed E-state index contributed by atoms with van der Waals surface area (Å²) in [5.41, 5.74) is 8.46. The Labute approximate surface area is 305 Å². The topological polar surface area (TPSA) is 163 Å². The third kappa shape index (κ3) is 10.1. The van der Waals surface area contributed by atoms with Gasteiger partial charge in [0.2, 0.25) is 15.9 Å². The molecule has 3 aromatic rings. The van der Waals surface area contributed by atoms with Gasteiger partial charge in [-0.25, -0.2) is 13.2 Å². The Kier molecular flexibility index (Phi) is 13.6. The minimum atomic E-state index is -4.14. The fraction of sp³-hybridized carbons (Fsp3) is 0.432. The number of sulfonamides is 1. The van der Waals surface area contributed by atoms with E-state index >= 15 is 0 Å². The van der Waals surface area contributed by atoms with Crippen LogP contribution in [-0.2, 0) is 43.9 Å². The van der Waals surface area contributed by atoms with E-state index in [-0.39, 0.29) is 54.1 Å². The number of methoxy groups -OCH3 is 1. The summed E-state index contributed by atoms with van der Waals surface area (Å²) < 4.78 is 34.1. The van der Waals surface area contributed by atoms with Gasteiger partial charge < -0.3 is 25.8 Å². The second-order valence-corrected chi connectivity index (χ2v) is 15.9. The molecule has 14 heteroatoms. The van der Waals surface area contributed by atoms with Gasteiger partial charge in [0.1, 0.15) is 12.6 Å². The number of urea groups is 1. The fourth-order valence-corrected chi connectivity index (χ4v) is 7.94. The van der Waals surface area contributed by atoms with Gasteiger partial charge in [-0.2, -0.15) is 4.31 Å². The number of ether oxygens (including phenoxy) is 1. The second-order valence-electron chi connectivity index (χ2n) is 13.6. The van der Waals surface area contributed by atoms with E-state index in [1.54, 1.807) is 21.0 Å². The number of nitrogens with one attached hydrogen (secondary N) is 1. The van der Waals surface area contributed by atoms with Crippen molar-refractivity contribution in [1.29, 1.82) is 0 Å². The van der Waals surface area contributed by atoms with Crippen molar-refractivity contribution in [3.63, 3.8) is 0 Å². The number of hydrogen-bond donors (Lipinski definition) is 3. The van der Waals surface area contributed by atoms with Gasteiger partial charge >= 0.3 is 6.03 Å². The first-order valence-electron chi connectivity index (χ1n) is 16.9. The molecule has 4 N–H and O–H groups in total. The number of amides is 4. The molecule has 51 heavy (non-hydrogen) atoms. The lowest BCUT2D eigenvalue weighted by Gasteiger charge is -2.34. The number of imide groups is 1. The first-order valence-corrected chi connectivity index (χ1v) is 18.7. The van der Waals surface area contributed by atoms with E-state index < -0.39 is 52.0 Å². The maximum Gasteiger partial charge on any atom is 0.328 e. The molecule has 0 unspecified atom stereocenters. The Morgan fingerprint density at radius 3 is 2.27 bits per heavy atom. The van der Waals surface area contributed by atoms with Crippen LogP contribution >= 0.6 is 11.6 Å². The lowest BCUT2D eigenvalue weighted by Crippen LogP contribution is -2.57. The predicted octanol–water partition coefficient (Wildman–Crippen LogP) is 4.29. The van der Waals surface area contributed by atoms with Crippen LogP contribution in [-0.4, -0.2) is 90.4 Å². The fourth-order valence-electron chi connectivity index (χ4n) is 6.17. The van der Waals surface area contributed by atoms with Gasteiger partial charge in [-0.15, -0.1) is 0 Å². The summed E-state index contributed by atoms with van der Waals surface area (Å²) in [6.07, 6.45) is -1.20. The monoisotopic (exact) mass is 741 g/mol. The summed E-state index contributed by atoms with van der Waals surface area (Å²) in [6, 6.07) is 18.0. The Bertz CT molecular complexity index is 1790. The number of benzene rings is 3. The first-order chi connectivity index (χ1) is 24.1. The Morgan fingerprint density at radius 1 is 0.980 bits per heavy atom. The Balaban J connectivity index is 1.59. The van der Waals surface area contributed by atoms with E-state index in [9.17, 15) is 27.9 Å². The molecular weight excluding hydrogens is 694 g/mol. The van der Waals surface area contributed by atoms with Crippen LogP contribution in [0.1, 0.15) is 44.4 Å². The van der Waals surface area contributed by atoms with Gasteiger partial charge in [0.05, 0.1) is 40.9 Å². The van der Waals surface area contributed by atoms with Crippen molar-refractivity contribution < 1.29 is 32.6 Å². The van der Waals surface area contributed by atoms with Crippen LogP contribution in [0.3, 0.4) is 0 Å². The average Bonchev–Trinajstić information content (AvgIpc) is 3.33. The zero-order valence-electron chi connectivity index (χ0n) is 29.7. The number of halogens is 1. The number of carbonyl (C=O) groups excluding carboxylic acids is 3. The molecule has 0 saturated carbocycles. The molecule has 0 bridgehead atoms. The third-order valence-corrected chi connectivity index (χ3v) is 10.8. The van der Waals surface area contributed by atoms with Crippen LogP contribution in [0, 0.1) is 11.8 Å². The molecule has 12 nitrogen and oxygen atoms in total. The van der Waals surface area contributed by atoms with E-state index in [1.165, 1.54) is 27.4 Å². The number of aliphatic hydroxyl groups excluding tert-OH is 1. The highest BCUT2D eigenvalue weighted by atomic mass is 35.5. The quantitative estimate of drug-likeness (QED) is 0.136. The zero-order chi connectivity index (χ0) is 37.5. The minimum absolute atomic E-state index is 0.0347. The molecule has 276 valence electrons. The number of rotatable bonds is 17. The summed E-state index contributed by atoms with van der Waals surface area (Å²) in [7, 11) is -2.56. The van der Waals surface area contributed by atoms with Crippen LogP contribution in [0.5, 0.6) is 0 Å². The first kappa shape index (κ1) is 39.8. The van der Waals surface area contributed by atoms with Crippen molar-refractivity contribution in [1.82, 2.24) is 19.4 Å². The maximum absolute atomic E-state index is 14.1. The normalized spacial score (nSPS) is 15.6. The van der Waals surface area contributed by atoms with E-state index in [0.29, 0.717) is 6.61 Å². The zero-order valence-corrected chi connectivity index (χ0v) is 31.2. The minimum Gasteiger partial charge on any atom is -0.397 e. The number of nitrogens with two attached hydrogens (primary N) is 1. The SMILES string of the molecule is COCc1cccc(CN2C(=O)CN([C@H](C(=O)N[C@@H](Cc3ccccc3)[C@H](O)CN(CC(C)C)S(=O)(=O)c3ccc(Cl)c(N)c3)C(C)C)C2=O)c1. The summed E-state index contributed by atoms with van der Waals surface area (Å²) in [4.78, 5) is 43.4. The molecule has 1 saturated heterocycles. The summed E-state index contributed by atoms with van der Waals surface area (Å²) in [5.74, 6) is -1.52. The number of aliphatic hydroxyl groups is 1. The number of carbonyl (C=O) groups is 3. The molecule has 3 aromatic carbocycles. The Hall–Kier alpha value is -4.01. The van der Waals surface area contributed by atoms with E-state index in [0.717, 1.165) is 21.6 Å². The third-order valence-electron chi connectivity index (χ3n) is 8.62. The van der Waals surface area contributed by atoms with Crippen LogP contribution in [0.2, 0.25) is 5.02 Å². The van der Waals surface area contributed by atoms with Gasteiger partial charge in [-0.3, -0.25) is 14.5 Å². The van der Waals surface area contributed by atoms with Crippen molar-refractivity contribution in [2.24, 2.45) is 11.8 Å². The molecule has 4 rings (SSSR count). The Morgan fingerprint density at radius 2 is 1.65 bits per heavy atom. The van der Waals surface area contributed by atoms with Crippen molar-refractivity contribution in [3.05, 3.63) is 94.5 Å². The van der Waals surface area contributed by atoms with Crippen molar-refractivity contribution in [2.75, 3.05) is 32.5 Å². The number of hydrogen-bond acceptors (Lipinski definition) is 8. The number of nitrogens with zero attached hydrogens (tertiary/aromatic N) is 3. The molecule has 1 aliphatic heterocycles. The average molecular weight is 742 g/mol.